The van der Waals surface area contributed by atoms with Gasteiger partial charge in [-0.05, 0) is 91.7 Å². The molecule has 0 aliphatic heterocycles. The van der Waals surface area contributed by atoms with Crippen LogP contribution in [-0.4, -0.2) is 10.2 Å². The van der Waals surface area contributed by atoms with Gasteiger partial charge in [0.25, 0.3) is 0 Å². The van der Waals surface area contributed by atoms with Crippen LogP contribution in [0.2, 0.25) is 0 Å². The SMILES string of the molecule is CC1CCC(C2CCC(c3ccc(O)cc3)(c3ccc(O)cc3)CC2)CC1. The van der Waals surface area contributed by atoms with Crippen LogP contribution in [0.4, 0.5) is 0 Å². The number of phenols is 2. The van der Waals surface area contributed by atoms with Gasteiger partial charge in [0.2, 0.25) is 0 Å². The van der Waals surface area contributed by atoms with Crippen LogP contribution in [0.1, 0.15) is 69.4 Å². The second-order valence-electron chi connectivity index (χ2n) is 9.03. The molecule has 2 aliphatic carbocycles. The normalized spacial score (nSPS) is 26.0. The molecule has 2 aliphatic rings. The van der Waals surface area contributed by atoms with Crippen molar-refractivity contribution in [2.24, 2.45) is 17.8 Å². The molecule has 2 aromatic rings. The Morgan fingerprint density at radius 1 is 0.630 bits per heavy atom. The van der Waals surface area contributed by atoms with Gasteiger partial charge < -0.3 is 10.2 Å². The highest BCUT2D eigenvalue weighted by atomic mass is 16.3. The van der Waals surface area contributed by atoms with E-state index in [4.69, 9.17) is 0 Å². The number of hydrogen-bond donors (Lipinski definition) is 2. The summed E-state index contributed by atoms with van der Waals surface area (Å²) in [5.74, 6) is 3.34. The quantitative estimate of drug-likeness (QED) is 0.661. The van der Waals surface area contributed by atoms with Crippen molar-refractivity contribution in [1.29, 1.82) is 0 Å². The van der Waals surface area contributed by atoms with E-state index in [0.29, 0.717) is 11.5 Å². The molecule has 0 spiro atoms. The van der Waals surface area contributed by atoms with E-state index in [1.807, 2.05) is 24.3 Å². The van der Waals surface area contributed by atoms with Gasteiger partial charge in [-0.1, -0.05) is 44.0 Å². The van der Waals surface area contributed by atoms with Crippen molar-refractivity contribution in [1.82, 2.24) is 0 Å². The molecule has 2 heteroatoms. The molecule has 0 heterocycles. The fourth-order valence-corrected chi connectivity index (χ4v) is 5.67. The molecule has 2 aromatic carbocycles. The third-order valence-corrected chi connectivity index (χ3v) is 7.45. The molecule has 0 saturated heterocycles. The van der Waals surface area contributed by atoms with Gasteiger partial charge in [0.1, 0.15) is 11.5 Å². The molecule has 0 atom stereocenters. The summed E-state index contributed by atoms with van der Waals surface area (Å²) in [6, 6.07) is 15.6. The molecule has 0 amide bonds. The van der Waals surface area contributed by atoms with Gasteiger partial charge in [0, 0.05) is 5.41 Å². The van der Waals surface area contributed by atoms with Crippen LogP contribution in [0.3, 0.4) is 0 Å². The minimum Gasteiger partial charge on any atom is -0.508 e. The van der Waals surface area contributed by atoms with E-state index in [1.54, 1.807) is 0 Å². The van der Waals surface area contributed by atoms with E-state index >= 15 is 0 Å². The largest absolute Gasteiger partial charge is 0.508 e. The van der Waals surface area contributed by atoms with Gasteiger partial charge in [-0.2, -0.15) is 0 Å². The lowest BCUT2D eigenvalue weighted by molar-refractivity contribution is 0.147. The molecule has 4 rings (SSSR count). The number of phenolic OH excluding ortho intramolecular Hbond substituents is 2. The maximum absolute atomic E-state index is 9.75. The van der Waals surface area contributed by atoms with E-state index in [-0.39, 0.29) is 5.41 Å². The predicted octanol–water partition coefficient (Wildman–Crippen LogP) is 6.40. The number of rotatable bonds is 3. The fourth-order valence-electron chi connectivity index (χ4n) is 5.67. The van der Waals surface area contributed by atoms with Crippen molar-refractivity contribution in [2.75, 3.05) is 0 Å². The molecule has 27 heavy (non-hydrogen) atoms. The first kappa shape index (κ1) is 18.4. The second kappa shape index (κ2) is 7.58. The third-order valence-electron chi connectivity index (χ3n) is 7.45. The summed E-state index contributed by atoms with van der Waals surface area (Å²) >= 11 is 0. The lowest BCUT2D eigenvalue weighted by Crippen LogP contribution is -2.35. The molecular weight excluding hydrogens is 332 g/mol. The van der Waals surface area contributed by atoms with Gasteiger partial charge in [-0.15, -0.1) is 0 Å². The highest BCUT2D eigenvalue weighted by Crippen LogP contribution is 2.50. The Balaban J connectivity index is 1.59. The minimum absolute atomic E-state index is 0.000140. The van der Waals surface area contributed by atoms with Gasteiger partial charge in [-0.25, -0.2) is 0 Å². The van der Waals surface area contributed by atoms with E-state index in [1.165, 1.54) is 49.7 Å². The highest BCUT2D eigenvalue weighted by Gasteiger charge is 2.40. The molecule has 0 bridgehead atoms. The van der Waals surface area contributed by atoms with Crippen molar-refractivity contribution in [3.05, 3.63) is 59.7 Å². The Kier molecular flexibility index (Phi) is 5.16. The van der Waals surface area contributed by atoms with Crippen molar-refractivity contribution in [3.8, 4) is 11.5 Å². The van der Waals surface area contributed by atoms with Gasteiger partial charge in [-0.3, -0.25) is 0 Å². The predicted molar refractivity (Wildman–Crippen MR) is 110 cm³/mol. The van der Waals surface area contributed by atoms with Gasteiger partial charge in [0.15, 0.2) is 0 Å². The van der Waals surface area contributed by atoms with Crippen LogP contribution in [0.15, 0.2) is 48.5 Å². The zero-order chi connectivity index (χ0) is 18.9. The molecular formula is C25H32O2. The van der Waals surface area contributed by atoms with Crippen molar-refractivity contribution >= 4 is 0 Å². The summed E-state index contributed by atoms with van der Waals surface area (Å²) in [4.78, 5) is 0. The molecule has 2 saturated carbocycles. The average Bonchev–Trinajstić information content (AvgIpc) is 2.70. The average molecular weight is 365 g/mol. The van der Waals surface area contributed by atoms with Crippen LogP contribution in [0, 0.1) is 17.8 Å². The Morgan fingerprint density at radius 3 is 1.48 bits per heavy atom. The summed E-state index contributed by atoms with van der Waals surface area (Å²) in [6.45, 7) is 2.40. The van der Waals surface area contributed by atoms with Crippen LogP contribution in [0.5, 0.6) is 11.5 Å². The van der Waals surface area contributed by atoms with Crippen LogP contribution >= 0.6 is 0 Å². The van der Waals surface area contributed by atoms with Crippen LogP contribution in [-0.2, 0) is 5.41 Å². The summed E-state index contributed by atoms with van der Waals surface area (Å²) in [6.07, 6.45) is 10.5. The Morgan fingerprint density at radius 2 is 1.04 bits per heavy atom. The molecule has 0 aromatic heterocycles. The molecule has 0 radical (unpaired) electrons. The first-order valence-electron chi connectivity index (χ1n) is 10.7. The Bertz CT molecular complexity index is 683. The fraction of sp³-hybridized carbons (Fsp3) is 0.520. The third kappa shape index (κ3) is 3.72. The molecule has 2 N–H and O–H groups in total. The second-order valence-corrected chi connectivity index (χ2v) is 9.03. The summed E-state index contributed by atoms with van der Waals surface area (Å²) < 4.78 is 0. The van der Waals surface area contributed by atoms with Crippen molar-refractivity contribution < 1.29 is 10.2 Å². The summed E-state index contributed by atoms with van der Waals surface area (Å²) in [5.41, 5.74) is 2.59. The minimum atomic E-state index is -0.000140. The molecule has 2 nitrogen and oxygen atoms in total. The summed E-state index contributed by atoms with van der Waals surface area (Å²) in [7, 11) is 0. The van der Waals surface area contributed by atoms with Crippen molar-refractivity contribution in [2.45, 2.75) is 63.7 Å². The lowest BCUT2D eigenvalue weighted by atomic mass is 9.60. The van der Waals surface area contributed by atoms with E-state index in [0.717, 1.165) is 30.6 Å². The topological polar surface area (TPSA) is 40.5 Å². The molecule has 2 fully saturated rings. The number of aromatic hydroxyl groups is 2. The maximum Gasteiger partial charge on any atom is 0.115 e. The first-order chi connectivity index (χ1) is 13.1. The van der Waals surface area contributed by atoms with Crippen molar-refractivity contribution in [3.63, 3.8) is 0 Å². The lowest BCUT2D eigenvalue weighted by Gasteiger charge is -2.44. The maximum atomic E-state index is 9.75. The molecule has 0 unspecified atom stereocenters. The van der Waals surface area contributed by atoms with Crippen LogP contribution in [0.25, 0.3) is 0 Å². The monoisotopic (exact) mass is 364 g/mol. The van der Waals surface area contributed by atoms with E-state index in [2.05, 4.69) is 31.2 Å². The zero-order valence-corrected chi connectivity index (χ0v) is 16.4. The molecule has 144 valence electrons. The smallest absolute Gasteiger partial charge is 0.115 e. The Labute approximate surface area is 163 Å². The van der Waals surface area contributed by atoms with E-state index in [9.17, 15) is 10.2 Å². The van der Waals surface area contributed by atoms with E-state index < -0.39 is 0 Å². The van der Waals surface area contributed by atoms with Gasteiger partial charge in [0.05, 0.1) is 0 Å². The van der Waals surface area contributed by atoms with Crippen LogP contribution < -0.4 is 0 Å². The number of benzene rings is 2. The standard InChI is InChI=1S/C25H32O2/c1-18-2-4-19(5-3-18)20-14-16-25(17-15-20,21-6-10-23(26)11-7-21)22-8-12-24(27)13-9-22/h6-13,18-20,26-27H,2-5,14-17H2,1H3. The highest BCUT2D eigenvalue weighted by molar-refractivity contribution is 5.43. The zero-order valence-electron chi connectivity index (χ0n) is 16.4. The number of hydrogen-bond acceptors (Lipinski definition) is 2. The Hall–Kier alpha value is -1.96. The van der Waals surface area contributed by atoms with Gasteiger partial charge >= 0.3 is 0 Å². The summed E-state index contributed by atoms with van der Waals surface area (Å²) in [5, 5.41) is 19.5. The first-order valence-corrected chi connectivity index (χ1v) is 10.7.